The maximum Gasteiger partial charge on any atom is 0.309 e. The lowest BCUT2D eigenvalue weighted by molar-refractivity contribution is -0.385. The lowest BCUT2D eigenvalue weighted by Gasteiger charge is -2.34. The van der Waals surface area contributed by atoms with Crippen LogP contribution >= 0.6 is 23.2 Å². The van der Waals surface area contributed by atoms with Gasteiger partial charge in [0.05, 0.1) is 15.0 Å². The molecule has 0 saturated carbocycles. The van der Waals surface area contributed by atoms with Gasteiger partial charge in [-0.3, -0.25) is 24.5 Å². The summed E-state index contributed by atoms with van der Waals surface area (Å²) in [5, 5.41) is 16.1. The average molecular weight is 426 g/mol. The number of amides is 1. The van der Waals surface area contributed by atoms with Gasteiger partial charge in [0.2, 0.25) is 5.91 Å². The predicted octanol–water partition coefficient (Wildman–Crippen LogP) is 3.14. The number of nitrogens with zero attached hydrogens (tertiary/aromatic N) is 5. The molecule has 150 valence electrons. The molecule has 0 N–H and O–H groups in total. The van der Waals surface area contributed by atoms with Gasteiger partial charge in [0.15, 0.2) is 0 Å². The van der Waals surface area contributed by atoms with Crippen molar-refractivity contribution in [2.45, 2.75) is 26.4 Å². The molecule has 0 aliphatic carbocycles. The van der Waals surface area contributed by atoms with Gasteiger partial charge >= 0.3 is 5.69 Å². The first-order valence-electron chi connectivity index (χ1n) is 8.96. The van der Waals surface area contributed by atoms with Crippen LogP contribution in [0.5, 0.6) is 0 Å². The summed E-state index contributed by atoms with van der Waals surface area (Å²) in [6.45, 7) is 5.53. The quantitative estimate of drug-likeness (QED) is 0.524. The van der Waals surface area contributed by atoms with Gasteiger partial charge in [-0.2, -0.15) is 5.10 Å². The number of carbonyl (C=O) groups excluding carboxylic acids is 1. The Kier molecular flexibility index (Phi) is 6.53. The van der Waals surface area contributed by atoms with E-state index < -0.39 is 4.92 Å². The van der Waals surface area contributed by atoms with Crippen molar-refractivity contribution in [3.8, 4) is 0 Å². The Labute approximate surface area is 172 Å². The molecular weight excluding hydrogens is 405 g/mol. The number of aryl methyl sites for hydroxylation is 2. The summed E-state index contributed by atoms with van der Waals surface area (Å²) in [5.41, 5.74) is 1.42. The fourth-order valence-electron chi connectivity index (χ4n) is 3.22. The highest BCUT2D eigenvalue weighted by Crippen LogP contribution is 2.23. The van der Waals surface area contributed by atoms with Gasteiger partial charge in [0, 0.05) is 45.7 Å². The van der Waals surface area contributed by atoms with E-state index in [1.807, 2.05) is 17.0 Å². The van der Waals surface area contributed by atoms with Crippen LogP contribution in [-0.2, 0) is 17.9 Å². The molecule has 8 nitrogen and oxygen atoms in total. The van der Waals surface area contributed by atoms with Crippen molar-refractivity contribution in [2.24, 2.45) is 0 Å². The second kappa shape index (κ2) is 8.89. The molecule has 0 bridgehead atoms. The zero-order valence-corrected chi connectivity index (χ0v) is 17.0. The van der Waals surface area contributed by atoms with E-state index in [9.17, 15) is 14.9 Å². The van der Waals surface area contributed by atoms with Crippen LogP contribution in [0.25, 0.3) is 0 Å². The molecule has 1 aliphatic rings. The van der Waals surface area contributed by atoms with E-state index in [2.05, 4.69) is 10.00 Å². The average Bonchev–Trinajstić information content (AvgIpc) is 3.04. The molecule has 1 amide bonds. The number of hydrogen-bond acceptors (Lipinski definition) is 5. The highest BCUT2D eigenvalue weighted by Gasteiger charge is 2.22. The summed E-state index contributed by atoms with van der Waals surface area (Å²) in [4.78, 5) is 27.0. The Bertz CT molecular complexity index is 878. The fraction of sp³-hybridized carbons (Fsp3) is 0.444. The van der Waals surface area contributed by atoms with Crippen LogP contribution in [0.2, 0.25) is 10.0 Å². The summed E-state index contributed by atoms with van der Waals surface area (Å²) >= 11 is 12.0. The van der Waals surface area contributed by atoms with Gasteiger partial charge in [-0.15, -0.1) is 0 Å². The third-order valence-corrected chi connectivity index (χ3v) is 5.53. The van der Waals surface area contributed by atoms with E-state index in [0.717, 1.165) is 25.2 Å². The summed E-state index contributed by atoms with van der Waals surface area (Å²) < 4.78 is 1.46. The number of piperazine rings is 1. The molecule has 1 fully saturated rings. The first-order valence-corrected chi connectivity index (χ1v) is 9.71. The minimum Gasteiger partial charge on any atom is -0.340 e. The first-order chi connectivity index (χ1) is 13.3. The van der Waals surface area contributed by atoms with Crippen molar-refractivity contribution < 1.29 is 9.72 Å². The molecule has 2 heterocycles. The van der Waals surface area contributed by atoms with Crippen LogP contribution in [0.3, 0.4) is 0 Å². The van der Waals surface area contributed by atoms with E-state index in [1.54, 1.807) is 13.0 Å². The molecule has 1 aromatic heterocycles. The molecule has 1 saturated heterocycles. The SMILES string of the molecule is Cc1nn(CCC(=O)N2CCN(Cc3ccc(Cl)c(Cl)c3)CC2)cc1[N+](=O)[O-]. The lowest BCUT2D eigenvalue weighted by Crippen LogP contribution is -2.48. The van der Waals surface area contributed by atoms with Crippen LogP contribution in [0, 0.1) is 17.0 Å². The van der Waals surface area contributed by atoms with E-state index in [4.69, 9.17) is 23.2 Å². The topological polar surface area (TPSA) is 84.5 Å². The second-order valence-corrected chi connectivity index (χ2v) is 7.59. The highest BCUT2D eigenvalue weighted by atomic mass is 35.5. The van der Waals surface area contributed by atoms with Gasteiger partial charge in [-0.05, 0) is 24.6 Å². The third kappa shape index (κ3) is 5.01. The summed E-state index contributed by atoms with van der Waals surface area (Å²) in [6, 6.07) is 5.62. The van der Waals surface area contributed by atoms with E-state index in [1.165, 1.54) is 10.9 Å². The Morgan fingerprint density at radius 1 is 1.21 bits per heavy atom. The van der Waals surface area contributed by atoms with Gasteiger partial charge in [-0.25, -0.2) is 0 Å². The van der Waals surface area contributed by atoms with Crippen LogP contribution in [0.1, 0.15) is 17.7 Å². The van der Waals surface area contributed by atoms with Crippen LogP contribution in [0.4, 0.5) is 5.69 Å². The molecule has 3 rings (SSSR count). The number of hydrogen-bond donors (Lipinski definition) is 0. The van der Waals surface area contributed by atoms with Crippen LogP contribution in [-0.4, -0.2) is 56.6 Å². The molecule has 1 aromatic carbocycles. The van der Waals surface area contributed by atoms with Gasteiger partial charge in [0.25, 0.3) is 0 Å². The Hall–Kier alpha value is -2.16. The van der Waals surface area contributed by atoms with E-state index >= 15 is 0 Å². The molecule has 10 heteroatoms. The van der Waals surface area contributed by atoms with Crippen molar-refractivity contribution >= 4 is 34.8 Å². The Morgan fingerprint density at radius 3 is 2.54 bits per heavy atom. The number of carbonyl (C=O) groups is 1. The van der Waals surface area contributed by atoms with Gasteiger partial charge in [-0.1, -0.05) is 29.3 Å². The van der Waals surface area contributed by atoms with Crippen molar-refractivity contribution in [1.29, 1.82) is 0 Å². The van der Waals surface area contributed by atoms with Gasteiger partial charge < -0.3 is 4.90 Å². The van der Waals surface area contributed by atoms with Crippen LogP contribution in [0.15, 0.2) is 24.4 Å². The lowest BCUT2D eigenvalue weighted by atomic mass is 10.2. The minimum absolute atomic E-state index is 0.0247. The largest absolute Gasteiger partial charge is 0.340 e. The standard InChI is InChI=1S/C18H21Cl2N5O3/c1-13-17(25(27)28)12-24(21-13)5-4-18(26)23-8-6-22(7-9-23)11-14-2-3-15(19)16(20)10-14/h2-3,10,12H,4-9,11H2,1H3. The molecular formula is C18H21Cl2N5O3. The van der Waals surface area contributed by atoms with Crippen molar-refractivity contribution in [3.05, 3.63) is 55.8 Å². The molecule has 0 atom stereocenters. The number of benzene rings is 1. The first kappa shape index (κ1) is 20.6. The number of rotatable bonds is 6. The third-order valence-electron chi connectivity index (χ3n) is 4.79. The normalized spacial score (nSPS) is 15.0. The van der Waals surface area contributed by atoms with E-state index in [0.29, 0.717) is 35.4 Å². The summed E-state index contributed by atoms with van der Waals surface area (Å²) in [5.74, 6) is 0.0324. The van der Waals surface area contributed by atoms with Crippen LogP contribution < -0.4 is 0 Å². The molecule has 28 heavy (non-hydrogen) atoms. The van der Waals surface area contributed by atoms with E-state index in [-0.39, 0.29) is 18.0 Å². The molecule has 0 spiro atoms. The number of nitro groups is 1. The molecule has 2 aromatic rings. The molecule has 0 radical (unpaired) electrons. The highest BCUT2D eigenvalue weighted by molar-refractivity contribution is 6.42. The minimum atomic E-state index is -0.465. The summed E-state index contributed by atoms with van der Waals surface area (Å²) in [7, 11) is 0. The van der Waals surface area contributed by atoms with Gasteiger partial charge in [0.1, 0.15) is 11.9 Å². The molecule has 1 aliphatic heterocycles. The fourth-order valence-corrected chi connectivity index (χ4v) is 3.54. The predicted molar refractivity (Wildman–Crippen MR) is 107 cm³/mol. The second-order valence-electron chi connectivity index (χ2n) is 6.78. The number of halogens is 2. The van der Waals surface area contributed by atoms with Crippen molar-refractivity contribution in [2.75, 3.05) is 26.2 Å². The number of aromatic nitrogens is 2. The molecule has 0 unspecified atom stereocenters. The van der Waals surface area contributed by atoms with Crippen molar-refractivity contribution in [1.82, 2.24) is 19.6 Å². The Balaban J connectivity index is 1.46. The maximum absolute atomic E-state index is 12.4. The maximum atomic E-state index is 12.4. The monoisotopic (exact) mass is 425 g/mol. The smallest absolute Gasteiger partial charge is 0.309 e. The zero-order chi connectivity index (χ0) is 20.3. The zero-order valence-electron chi connectivity index (χ0n) is 15.5. The van der Waals surface area contributed by atoms with Crippen molar-refractivity contribution in [3.63, 3.8) is 0 Å². The Morgan fingerprint density at radius 2 is 1.93 bits per heavy atom. The summed E-state index contributed by atoms with van der Waals surface area (Å²) in [6.07, 6.45) is 1.64.